The Labute approximate surface area is 170 Å². The SMILES string of the molecule is CS(=O)(=O)Nc1ccc(F)c(NC(=O)c2cccc(CC3CCNC3)c2)c1.Cl. The first-order chi connectivity index (χ1) is 12.8. The molecule has 0 aromatic heterocycles. The average molecular weight is 428 g/mol. The number of anilines is 2. The van der Waals surface area contributed by atoms with Gasteiger partial charge in [0.1, 0.15) is 5.82 Å². The first kappa shape index (κ1) is 22.1. The second kappa shape index (κ2) is 9.36. The minimum atomic E-state index is -3.49. The van der Waals surface area contributed by atoms with E-state index in [4.69, 9.17) is 0 Å². The summed E-state index contributed by atoms with van der Waals surface area (Å²) < 4.78 is 38.9. The number of sulfonamides is 1. The fraction of sp³-hybridized carbons (Fsp3) is 0.316. The summed E-state index contributed by atoms with van der Waals surface area (Å²) in [4.78, 5) is 12.5. The zero-order chi connectivity index (χ0) is 19.4. The van der Waals surface area contributed by atoms with Crippen LogP contribution in [0.3, 0.4) is 0 Å². The van der Waals surface area contributed by atoms with E-state index in [0.717, 1.165) is 43.8 Å². The summed E-state index contributed by atoms with van der Waals surface area (Å²) in [6, 6.07) is 10.9. The lowest BCUT2D eigenvalue weighted by Crippen LogP contribution is -2.15. The van der Waals surface area contributed by atoms with Crippen LogP contribution in [0.2, 0.25) is 0 Å². The number of amides is 1. The molecule has 0 aliphatic carbocycles. The number of hydrogen-bond donors (Lipinski definition) is 3. The Hall–Kier alpha value is -2.16. The normalized spacial score (nSPS) is 16.3. The Kier molecular flexibility index (Phi) is 7.40. The van der Waals surface area contributed by atoms with Crippen molar-refractivity contribution in [3.8, 4) is 0 Å². The molecule has 3 N–H and O–H groups in total. The summed E-state index contributed by atoms with van der Waals surface area (Å²) in [6.07, 6.45) is 3.00. The average Bonchev–Trinajstić information content (AvgIpc) is 3.10. The summed E-state index contributed by atoms with van der Waals surface area (Å²) in [5.74, 6) is -0.535. The molecule has 2 aromatic carbocycles. The number of carbonyl (C=O) groups excluding carboxylic acids is 1. The fourth-order valence-electron chi connectivity index (χ4n) is 3.15. The van der Waals surface area contributed by atoms with Crippen molar-refractivity contribution in [2.24, 2.45) is 5.92 Å². The molecule has 0 radical (unpaired) electrons. The van der Waals surface area contributed by atoms with Crippen LogP contribution < -0.4 is 15.4 Å². The van der Waals surface area contributed by atoms with E-state index in [1.807, 2.05) is 18.2 Å². The van der Waals surface area contributed by atoms with Crippen LogP contribution in [0.4, 0.5) is 15.8 Å². The molecule has 0 saturated carbocycles. The van der Waals surface area contributed by atoms with Crippen molar-refractivity contribution < 1.29 is 17.6 Å². The highest BCUT2D eigenvalue weighted by Gasteiger charge is 2.16. The summed E-state index contributed by atoms with van der Waals surface area (Å²) in [6.45, 7) is 1.99. The van der Waals surface area contributed by atoms with Gasteiger partial charge in [-0.15, -0.1) is 12.4 Å². The van der Waals surface area contributed by atoms with Gasteiger partial charge in [-0.3, -0.25) is 9.52 Å². The first-order valence-corrected chi connectivity index (χ1v) is 10.6. The van der Waals surface area contributed by atoms with Crippen LogP contribution in [0.1, 0.15) is 22.3 Å². The van der Waals surface area contributed by atoms with Crippen molar-refractivity contribution in [1.29, 1.82) is 0 Å². The Bertz CT molecular complexity index is 947. The van der Waals surface area contributed by atoms with Crippen molar-refractivity contribution >= 4 is 39.7 Å². The van der Waals surface area contributed by atoms with Crippen LogP contribution >= 0.6 is 12.4 Å². The molecule has 0 bridgehead atoms. The Balaban J connectivity index is 0.00000280. The van der Waals surface area contributed by atoms with Crippen LogP contribution in [0.25, 0.3) is 0 Å². The van der Waals surface area contributed by atoms with Gasteiger partial charge in [0.25, 0.3) is 5.91 Å². The van der Waals surface area contributed by atoms with Crippen molar-refractivity contribution in [1.82, 2.24) is 5.32 Å². The molecule has 1 amide bonds. The van der Waals surface area contributed by atoms with Gasteiger partial charge in [0.2, 0.25) is 10.0 Å². The molecule has 1 aliphatic rings. The number of rotatable bonds is 6. The maximum atomic E-state index is 14.0. The molecule has 1 fully saturated rings. The zero-order valence-corrected chi connectivity index (χ0v) is 17.0. The van der Waals surface area contributed by atoms with Gasteiger partial charge >= 0.3 is 0 Å². The predicted octanol–water partition coefficient (Wildman–Crippen LogP) is 3.02. The third-order valence-corrected chi connectivity index (χ3v) is 5.00. The number of benzene rings is 2. The van der Waals surface area contributed by atoms with Crippen molar-refractivity contribution in [2.75, 3.05) is 29.4 Å². The molecule has 2 aromatic rings. The van der Waals surface area contributed by atoms with E-state index in [-0.39, 0.29) is 23.8 Å². The van der Waals surface area contributed by atoms with E-state index in [2.05, 4.69) is 15.4 Å². The Morgan fingerprint density at radius 2 is 2.04 bits per heavy atom. The molecule has 1 saturated heterocycles. The summed E-state index contributed by atoms with van der Waals surface area (Å²) in [7, 11) is -3.49. The zero-order valence-electron chi connectivity index (χ0n) is 15.4. The number of carbonyl (C=O) groups is 1. The summed E-state index contributed by atoms with van der Waals surface area (Å²) in [5, 5.41) is 5.83. The van der Waals surface area contributed by atoms with Gasteiger partial charge < -0.3 is 10.6 Å². The van der Waals surface area contributed by atoms with E-state index >= 15 is 0 Å². The van der Waals surface area contributed by atoms with Crippen LogP contribution in [-0.2, 0) is 16.4 Å². The lowest BCUT2D eigenvalue weighted by atomic mass is 9.97. The molecule has 6 nitrogen and oxygen atoms in total. The van der Waals surface area contributed by atoms with Crippen LogP contribution in [0.15, 0.2) is 42.5 Å². The van der Waals surface area contributed by atoms with E-state index in [1.54, 1.807) is 6.07 Å². The predicted molar refractivity (Wildman–Crippen MR) is 111 cm³/mol. The highest BCUT2D eigenvalue weighted by molar-refractivity contribution is 7.92. The monoisotopic (exact) mass is 427 g/mol. The molecule has 28 heavy (non-hydrogen) atoms. The van der Waals surface area contributed by atoms with E-state index < -0.39 is 21.7 Å². The molecule has 1 unspecified atom stereocenters. The van der Waals surface area contributed by atoms with Gasteiger partial charge in [0, 0.05) is 5.56 Å². The minimum absolute atomic E-state index is 0. The van der Waals surface area contributed by atoms with Gasteiger partial charge in [-0.25, -0.2) is 12.8 Å². The topological polar surface area (TPSA) is 87.3 Å². The third-order valence-electron chi connectivity index (χ3n) is 4.39. The van der Waals surface area contributed by atoms with Crippen LogP contribution in [0.5, 0.6) is 0 Å². The van der Waals surface area contributed by atoms with E-state index in [0.29, 0.717) is 11.5 Å². The fourth-order valence-corrected chi connectivity index (χ4v) is 3.71. The highest BCUT2D eigenvalue weighted by Crippen LogP contribution is 2.22. The van der Waals surface area contributed by atoms with Gasteiger partial charge in [-0.2, -0.15) is 0 Å². The quantitative estimate of drug-likeness (QED) is 0.661. The van der Waals surface area contributed by atoms with Gasteiger partial charge in [-0.1, -0.05) is 12.1 Å². The van der Waals surface area contributed by atoms with Crippen molar-refractivity contribution in [3.63, 3.8) is 0 Å². The number of halogens is 2. The van der Waals surface area contributed by atoms with Crippen molar-refractivity contribution in [3.05, 3.63) is 59.4 Å². The molecule has 3 rings (SSSR count). The Morgan fingerprint density at radius 1 is 1.25 bits per heavy atom. The van der Waals surface area contributed by atoms with E-state index in [1.165, 1.54) is 12.1 Å². The molecular weight excluding hydrogens is 405 g/mol. The van der Waals surface area contributed by atoms with E-state index in [9.17, 15) is 17.6 Å². The van der Waals surface area contributed by atoms with Gasteiger partial charge in [0.15, 0.2) is 0 Å². The lowest BCUT2D eigenvalue weighted by Gasteiger charge is -2.12. The summed E-state index contributed by atoms with van der Waals surface area (Å²) >= 11 is 0. The van der Waals surface area contributed by atoms with Gasteiger partial charge in [-0.05, 0) is 67.7 Å². The molecule has 152 valence electrons. The molecule has 1 atom stereocenters. The number of hydrogen-bond acceptors (Lipinski definition) is 4. The van der Waals surface area contributed by atoms with Crippen LogP contribution in [-0.4, -0.2) is 33.7 Å². The van der Waals surface area contributed by atoms with Gasteiger partial charge in [0.05, 0.1) is 17.6 Å². The third kappa shape index (κ3) is 6.19. The second-order valence-corrected chi connectivity index (χ2v) is 8.53. The highest BCUT2D eigenvalue weighted by atomic mass is 35.5. The maximum absolute atomic E-state index is 14.0. The molecule has 9 heteroatoms. The van der Waals surface area contributed by atoms with Crippen molar-refractivity contribution in [2.45, 2.75) is 12.8 Å². The largest absolute Gasteiger partial charge is 0.319 e. The second-order valence-electron chi connectivity index (χ2n) is 6.79. The molecular formula is C19H23ClFN3O3S. The lowest BCUT2D eigenvalue weighted by molar-refractivity contribution is 0.102. The maximum Gasteiger partial charge on any atom is 0.255 e. The Morgan fingerprint density at radius 3 is 2.71 bits per heavy atom. The standard InChI is InChI=1S/C19H22FN3O3S.ClH/c1-27(25,26)23-16-5-6-17(20)18(11-16)22-19(24)15-4-2-3-13(10-15)9-14-7-8-21-12-14;/h2-6,10-11,14,21,23H,7-9,12H2,1H3,(H,22,24);1H. The number of nitrogens with one attached hydrogen (secondary N) is 3. The molecule has 1 aliphatic heterocycles. The molecule has 0 spiro atoms. The summed E-state index contributed by atoms with van der Waals surface area (Å²) in [5.41, 5.74) is 1.58. The first-order valence-electron chi connectivity index (χ1n) is 8.68. The molecule has 1 heterocycles. The minimum Gasteiger partial charge on any atom is -0.319 e. The smallest absolute Gasteiger partial charge is 0.255 e. The van der Waals surface area contributed by atoms with Crippen LogP contribution in [0, 0.1) is 11.7 Å².